The second-order valence-electron chi connectivity index (χ2n) is 3.87. The van der Waals surface area contributed by atoms with Gasteiger partial charge in [-0.25, -0.2) is 15.4 Å². The van der Waals surface area contributed by atoms with Gasteiger partial charge in [-0.2, -0.15) is 0 Å². The van der Waals surface area contributed by atoms with Crippen LogP contribution in [0.2, 0.25) is 0 Å². The van der Waals surface area contributed by atoms with E-state index < -0.39 is 0 Å². The molecule has 0 fully saturated rings. The molecule has 0 amide bonds. The standard InChI is InChI=1S/C13H16N4/c1-2-10-4-3-5-11(6-10)13(17-14)12-7-15-9-16-8-12/h3-9,13,17H,2,14H2,1H3. The summed E-state index contributed by atoms with van der Waals surface area (Å²) in [6, 6.07) is 8.29. The van der Waals surface area contributed by atoms with Gasteiger partial charge in [0.05, 0.1) is 6.04 Å². The highest BCUT2D eigenvalue weighted by atomic mass is 15.2. The van der Waals surface area contributed by atoms with Crippen molar-refractivity contribution in [2.45, 2.75) is 19.4 Å². The van der Waals surface area contributed by atoms with E-state index >= 15 is 0 Å². The van der Waals surface area contributed by atoms with Crippen LogP contribution in [0, 0.1) is 0 Å². The van der Waals surface area contributed by atoms with Crippen molar-refractivity contribution in [3.63, 3.8) is 0 Å². The predicted molar refractivity (Wildman–Crippen MR) is 67.0 cm³/mol. The Hall–Kier alpha value is -1.78. The summed E-state index contributed by atoms with van der Waals surface area (Å²) in [6.07, 6.45) is 6.07. The molecule has 0 bridgehead atoms. The van der Waals surface area contributed by atoms with E-state index in [1.165, 1.54) is 11.9 Å². The van der Waals surface area contributed by atoms with Crippen molar-refractivity contribution in [1.29, 1.82) is 0 Å². The molecule has 0 radical (unpaired) electrons. The summed E-state index contributed by atoms with van der Waals surface area (Å²) in [5.41, 5.74) is 6.19. The van der Waals surface area contributed by atoms with E-state index in [9.17, 15) is 0 Å². The van der Waals surface area contributed by atoms with Gasteiger partial charge in [-0.15, -0.1) is 0 Å². The van der Waals surface area contributed by atoms with Crippen LogP contribution in [0.4, 0.5) is 0 Å². The van der Waals surface area contributed by atoms with Crippen LogP contribution in [-0.4, -0.2) is 9.97 Å². The second-order valence-corrected chi connectivity index (χ2v) is 3.87. The Morgan fingerprint density at radius 1 is 1.24 bits per heavy atom. The third-order valence-corrected chi connectivity index (χ3v) is 2.77. The summed E-state index contributed by atoms with van der Waals surface area (Å²) in [5.74, 6) is 5.62. The lowest BCUT2D eigenvalue weighted by atomic mass is 9.99. The molecule has 0 aliphatic rings. The van der Waals surface area contributed by atoms with Gasteiger partial charge in [0.15, 0.2) is 0 Å². The fourth-order valence-corrected chi connectivity index (χ4v) is 1.84. The zero-order valence-electron chi connectivity index (χ0n) is 9.80. The predicted octanol–water partition coefficient (Wildman–Crippen LogP) is 1.59. The van der Waals surface area contributed by atoms with E-state index in [1.54, 1.807) is 12.4 Å². The number of nitrogens with zero attached hydrogens (tertiary/aromatic N) is 2. The van der Waals surface area contributed by atoms with Gasteiger partial charge < -0.3 is 0 Å². The first-order valence-corrected chi connectivity index (χ1v) is 5.65. The van der Waals surface area contributed by atoms with Gasteiger partial charge in [0, 0.05) is 18.0 Å². The average molecular weight is 228 g/mol. The molecule has 0 saturated carbocycles. The Labute approximate surface area is 101 Å². The molecule has 0 aliphatic heterocycles. The third-order valence-electron chi connectivity index (χ3n) is 2.77. The summed E-state index contributed by atoms with van der Waals surface area (Å²) in [6.45, 7) is 2.13. The Kier molecular flexibility index (Phi) is 3.80. The summed E-state index contributed by atoms with van der Waals surface area (Å²) in [7, 11) is 0. The molecule has 1 unspecified atom stereocenters. The molecule has 2 aromatic rings. The van der Waals surface area contributed by atoms with Crippen LogP contribution in [0.25, 0.3) is 0 Å². The number of aromatic nitrogens is 2. The van der Waals surface area contributed by atoms with Crippen LogP contribution in [0.1, 0.15) is 29.7 Å². The fraction of sp³-hybridized carbons (Fsp3) is 0.231. The second kappa shape index (κ2) is 5.52. The van der Waals surface area contributed by atoms with E-state index in [2.05, 4.69) is 40.5 Å². The number of benzene rings is 1. The van der Waals surface area contributed by atoms with Crippen molar-refractivity contribution in [1.82, 2.24) is 15.4 Å². The van der Waals surface area contributed by atoms with Crippen molar-refractivity contribution in [3.8, 4) is 0 Å². The van der Waals surface area contributed by atoms with Crippen LogP contribution in [-0.2, 0) is 6.42 Å². The molecule has 0 spiro atoms. The molecule has 4 nitrogen and oxygen atoms in total. The van der Waals surface area contributed by atoms with Gasteiger partial charge >= 0.3 is 0 Å². The van der Waals surface area contributed by atoms with E-state index in [4.69, 9.17) is 5.84 Å². The summed E-state index contributed by atoms with van der Waals surface area (Å²) >= 11 is 0. The van der Waals surface area contributed by atoms with Crippen molar-refractivity contribution < 1.29 is 0 Å². The average Bonchev–Trinajstić information content (AvgIpc) is 2.41. The zero-order chi connectivity index (χ0) is 12.1. The Morgan fingerprint density at radius 3 is 2.65 bits per heavy atom. The number of aryl methyl sites for hydroxylation is 1. The van der Waals surface area contributed by atoms with Gasteiger partial charge in [-0.1, -0.05) is 31.2 Å². The van der Waals surface area contributed by atoms with Crippen molar-refractivity contribution >= 4 is 0 Å². The molecule has 88 valence electrons. The monoisotopic (exact) mass is 228 g/mol. The maximum absolute atomic E-state index is 5.62. The smallest absolute Gasteiger partial charge is 0.115 e. The molecule has 1 aromatic carbocycles. The van der Waals surface area contributed by atoms with Crippen molar-refractivity contribution in [2.24, 2.45) is 5.84 Å². The van der Waals surface area contributed by atoms with Crippen LogP contribution in [0.15, 0.2) is 43.0 Å². The van der Waals surface area contributed by atoms with Crippen LogP contribution < -0.4 is 11.3 Å². The van der Waals surface area contributed by atoms with Gasteiger partial charge in [0.25, 0.3) is 0 Å². The lowest BCUT2D eigenvalue weighted by Gasteiger charge is -2.16. The van der Waals surface area contributed by atoms with Crippen LogP contribution >= 0.6 is 0 Å². The maximum Gasteiger partial charge on any atom is 0.115 e. The highest BCUT2D eigenvalue weighted by molar-refractivity contribution is 5.32. The molecule has 4 heteroatoms. The molecule has 3 N–H and O–H groups in total. The minimum absolute atomic E-state index is 0.0669. The molecule has 1 atom stereocenters. The van der Waals surface area contributed by atoms with E-state index in [0.29, 0.717) is 0 Å². The first-order chi connectivity index (χ1) is 8.35. The number of hydrogen-bond acceptors (Lipinski definition) is 4. The highest BCUT2D eigenvalue weighted by Crippen LogP contribution is 2.20. The maximum atomic E-state index is 5.62. The van der Waals surface area contributed by atoms with Crippen molar-refractivity contribution in [2.75, 3.05) is 0 Å². The summed E-state index contributed by atoms with van der Waals surface area (Å²) < 4.78 is 0. The SMILES string of the molecule is CCc1cccc(C(NN)c2cncnc2)c1. The van der Waals surface area contributed by atoms with Crippen LogP contribution in [0.3, 0.4) is 0 Å². The zero-order valence-corrected chi connectivity index (χ0v) is 9.80. The molecule has 0 aliphatic carbocycles. The van der Waals surface area contributed by atoms with Gasteiger partial charge in [0.1, 0.15) is 6.33 Å². The molecule has 0 saturated heterocycles. The highest BCUT2D eigenvalue weighted by Gasteiger charge is 2.12. The number of nitrogens with one attached hydrogen (secondary N) is 1. The number of nitrogens with two attached hydrogens (primary N) is 1. The van der Waals surface area contributed by atoms with Gasteiger partial charge in [0.2, 0.25) is 0 Å². The number of hydrazine groups is 1. The Balaban J connectivity index is 2.35. The minimum Gasteiger partial charge on any atom is -0.271 e. The number of hydrogen-bond donors (Lipinski definition) is 2. The molecule has 2 rings (SSSR count). The molecule has 1 heterocycles. The Morgan fingerprint density at radius 2 is 2.00 bits per heavy atom. The van der Waals surface area contributed by atoms with E-state index in [1.807, 2.05) is 6.07 Å². The quantitative estimate of drug-likeness (QED) is 0.616. The molecule has 1 aromatic heterocycles. The molecular formula is C13H16N4. The summed E-state index contributed by atoms with van der Waals surface area (Å²) in [5, 5.41) is 0. The fourth-order valence-electron chi connectivity index (χ4n) is 1.84. The molecular weight excluding hydrogens is 212 g/mol. The van der Waals surface area contributed by atoms with Crippen LogP contribution in [0.5, 0.6) is 0 Å². The van der Waals surface area contributed by atoms with E-state index in [-0.39, 0.29) is 6.04 Å². The third kappa shape index (κ3) is 2.67. The summed E-state index contributed by atoms with van der Waals surface area (Å²) in [4.78, 5) is 8.03. The lowest BCUT2D eigenvalue weighted by Crippen LogP contribution is -2.29. The van der Waals surface area contributed by atoms with Crippen molar-refractivity contribution in [3.05, 3.63) is 59.7 Å². The lowest BCUT2D eigenvalue weighted by molar-refractivity contribution is 0.631. The Bertz CT molecular complexity index is 470. The minimum atomic E-state index is -0.0669. The normalized spacial score (nSPS) is 12.4. The van der Waals surface area contributed by atoms with Gasteiger partial charge in [-0.05, 0) is 17.5 Å². The topological polar surface area (TPSA) is 63.8 Å². The molecule has 17 heavy (non-hydrogen) atoms. The first-order valence-electron chi connectivity index (χ1n) is 5.65. The number of rotatable bonds is 4. The van der Waals surface area contributed by atoms with Gasteiger partial charge in [-0.3, -0.25) is 5.84 Å². The largest absolute Gasteiger partial charge is 0.271 e. The first kappa shape index (κ1) is 11.7. The van der Waals surface area contributed by atoms with E-state index in [0.717, 1.165) is 17.5 Å².